The number of para-hydroxylation sites is 1. The number of hydrogen-bond acceptors (Lipinski definition) is 3. The highest BCUT2D eigenvalue weighted by molar-refractivity contribution is 5.86. The van der Waals surface area contributed by atoms with Crippen molar-refractivity contribution in [3.8, 4) is 11.8 Å². The summed E-state index contributed by atoms with van der Waals surface area (Å²) < 4.78 is 18.2. The van der Waals surface area contributed by atoms with E-state index in [4.69, 9.17) is 10.00 Å². The Balaban J connectivity index is 2.01. The summed E-state index contributed by atoms with van der Waals surface area (Å²) in [6, 6.07) is 13.7. The Morgan fingerprint density at radius 1 is 1.16 bits per heavy atom. The van der Waals surface area contributed by atoms with Crippen molar-refractivity contribution in [2.75, 3.05) is 5.32 Å². The number of nitriles is 1. The fraction of sp³-hybridized carbons (Fsp3) is 0. The van der Waals surface area contributed by atoms with E-state index in [-0.39, 0.29) is 11.4 Å². The topological polar surface area (TPSA) is 62.1 Å². The lowest BCUT2D eigenvalue weighted by Crippen LogP contribution is -2.17. The average Bonchev–Trinajstić information content (AvgIpc) is 2.42. The third-order valence-electron chi connectivity index (χ3n) is 2.30. The number of nitrogens with zero attached hydrogens (tertiary/aromatic N) is 1. The van der Waals surface area contributed by atoms with E-state index in [2.05, 4.69) is 5.32 Å². The molecule has 0 aliphatic carbocycles. The van der Waals surface area contributed by atoms with Crippen LogP contribution in [0.2, 0.25) is 0 Å². The minimum absolute atomic E-state index is 0.0427. The Hall–Kier alpha value is -2.87. The van der Waals surface area contributed by atoms with Gasteiger partial charge in [0.25, 0.3) is 0 Å². The number of carbonyl (C=O) groups is 1. The second-order valence-corrected chi connectivity index (χ2v) is 3.63. The van der Waals surface area contributed by atoms with Crippen LogP contribution in [0.15, 0.2) is 48.5 Å². The summed E-state index contributed by atoms with van der Waals surface area (Å²) in [5, 5.41) is 10.9. The highest BCUT2D eigenvalue weighted by atomic mass is 19.1. The fourth-order valence-electron chi connectivity index (χ4n) is 1.40. The van der Waals surface area contributed by atoms with Crippen LogP contribution in [0, 0.1) is 17.1 Å². The van der Waals surface area contributed by atoms with Gasteiger partial charge in [0.05, 0.1) is 17.3 Å². The summed E-state index contributed by atoms with van der Waals surface area (Å²) >= 11 is 0. The molecule has 1 N–H and O–H groups in total. The summed E-state index contributed by atoms with van der Waals surface area (Å²) in [6.07, 6.45) is -0.796. The Morgan fingerprint density at radius 3 is 2.47 bits per heavy atom. The van der Waals surface area contributed by atoms with Crippen molar-refractivity contribution in [2.24, 2.45) is 0 Å². The minimum atomic E-state index is -0.796. The van der Waals surface area contributed by atoms with Crippen LogP contribution in [-0.2, 0) is 0 Å². The molecule has 4 nitrogen and oxygen atoms in total. The maximum absolute atomic E-state index is 13.3. The normalized spacial score (nSPS) is 9.47. The van der Waals surface area contributed by atoms with Gasteiger partial charge in [-0.25, -0.2) is 9.18 Å². The zero-order valence-electron chi connectivity index (χ0n) is 9.76. The van der Waals surface area contributed by atoms with Crippen LogP contribution < -0.4 is 10.1 Å². The zero-order valence-corrected chi connectivity index (χ0v) is 9.76. The smallest absolute Gasteiger partial charge is 0.410 e. The van der Waals surface area contributed by atoms with Gasteiger partial charge >= 0.3 is 6.09 Å². The Labute approximate surface area is 109 Å². The molecule has 0 atom stereocenters. The molecule has 0 fully saturated rings. The quantitative estimate of drug-likeness (QED) is 0.896. The van der Waals surface area contributed by atoms with E-state index < -0.39 is 11.9 Å². The summed E-state index contributed by atoms with van der Waals surface area (Å²) in [6.45, 7) is 0. The van der Waals surface area contributed by atoms with Crippen LogP contribution in [0.25, 0.3) is 0 Å². The molecule has 0 aliphatic rings. The van der Waals surface area contributed by atoms with Crippen LogP contribution in [0.5, 0.6) is 5.75 Å². The number of benzene rings is 2. The number of hydrogen-bond donors (Lipinski definition) is 1. The number of anilines is 1. The van der Waals surface area contributed by atoms with Gasteiger partial charge in [-0.05, 0) is 36.4 Å². The first-order valence-corrected chi connectivity index (χ1v) is 5.42. The minimum Gasteiger partial charge on any atom is -0.410 e. The van der Waals surface area contributed by atoms with Crippen molar-refractivity contribution < 1.29 is 13.9 Å². The standard InChI is InChI=1S/C14H9FN2O2/c15-12-3-1-2-4-13(12)17-14(18)19-11-7-5-10(9-16)6-8-11/h1-8H,(H,17,18). The predicted molar refractivity (Wildman–Crippen MR) is 67.2 cm³/mol. The number of carbonyl (C=O) groups excluding carboxylic acids is 1. The van der Waals surface area contributed by atoms with Gasteiger partial charge < -0.3 is 4.74 Å². The Kier molecular flexibility index (Phi) is 3.74. The van der Waals surface area contributed by atoms with Gasteiger partial charge in [0, 0.05) is 0 Å². The molecule has 0 radical (unpaired) electrons. The number of rotatable bonds is 2. The number of amides is 1. The first-order chi connectivity index (χ1) is 9.19. The lowest BCUT2D eigenvalue weighted by molar-refractivity contribution is 0.215. The molecule has 0 saturated carbocycles. The molecule has 5 heteroatoms. The first kappa shape index (κ1) is 12.6. The summed E-state index contributed by atoms with van der Waals surface area (Å²) in [7, 11) is 0. The van der Waals surface area contributed by atoms with E-state index in [0.29, 0.717) is 5.56 Å². The molecule has 2 aromatic carbocycles. The molecule has 0 aliphatic heterocycles. The van der Waals surface area contributed by atoms with Crippen molar-refractivity contribution >= 4 is 11.8 Å². The maximum atomic E-state index is 13.3. The molecular formula is C14H9FN2O2. The maximum Gasteiger partial charge on any atom is 0.417 e. The number of nitrogens with one attached hydrogen (secondary N) is 1. The van der Waals surface area contributed by atoms with Crippen LogP contribution in [0.3, 0.4) is 0 Å². The second-order valence-electron chi connectivity index (χ2n) is 3.63. The van der Waals surface area contributed by atoms with Crippen molar-refractivity contribution in [1.82, 2.24) is 0 Å². The predicted octanol–water partition coefficient (Wildman–Crippen LogP) is 3.31. The zero-order chi connectivity index (χ0) is 13.7. The lowest BCUT2D eigenvalue weighted by atomic mass is 10.2. The molecule has 0 saturated heterocycles. The molecule has 2 aromatic rings. The van der Waals surface area contributed by atoms with Gasteiger partial charge in [0.2, 0.25) is 0 Å². The van der Waals surface area contributed by atoms with Gasteiger partial charge in [-0.2, -0.15) is 5.26 Å². The largest absolute Gasteiger partial charge is 0.417 e. The van der Waals surface area contributed by atoms with E-state index in [0.717, 1.165) is 0 Å². The third-order valence-corrected chi connectivity index (χ3v) is 2.30. The molecule has 1 amide bonds. The van der Waals surface area contributed by atoms with E-state index in [1.165, 1.54) is 42.5 Å². The van der Waals surface area contributed by atoms with Crippen LogP contribution in [0.1, 0.15) is 5.56 Å². The molecule has 2 rings (SSSR count). The van der Waals surface area contributed by atoms with Crippen molar-refractivity contribution in [3.05, 3.63) is 59.9 Å². The highest BCUT2D eigenvalue weighted by Gasteiger charge is 2.08. The van der Waals surface area contributed by atoms with Crippen molar-refractivity contribution in [3.63, 3.8) is 0 Å². The molecular weight excluding hydrogens is 247 g/mol. The lowest BCUT2D eigenvalue weighted by Gasteiger charge is -2.07. The van der Waals surface area contributed by atoms with E-state index in [9.17, 15) is 9.18 Å². The van der Waals surface area contributed by atoms with Gasteiger partial charge in [0.1, 0.15) is 11.6 Å². The Morgan fingerprint density at radius 2 is 1.84 bits per heavy atom. The van der Waals surface area contributed by atoms with Crippen LogP contribution in [0.4, 0.5) is 14.9 Å². The van der Waals surface area contributed by atoms with Gasteiger partial charge in [-0.15, -0.1) is 0 Å². The van der Waals surface area contributed by atoms with Crippen molar-refractivity contribution in [2.45, 2.75) is 0 Å². The summed E-state index contributed by atoms with van der Waals surface area (Å²) in [5.74, 6) is -0.271. The molecule has 0 aromatic heterocycles. The average molecular weight is 256 g/mol. The van der Waals surface area contributed by atoms with Crippen LogP contribution >= 0.6 is 0 Å². The molecule has 19 heavy (non-hydrogen) atoms. The van der Waals surface area contributed by atoms with E-state index in [1.807, 2.05) is 6.07 Å². The molecule has 94 valence electrons. The van der Waals surface area contributed by atoms with E-state index >= 15 is 0 Å². The molecule has 0 spiro atoms. The molecule has 0 heterocycles. The van der Waals surface area contributed by atoms with Gasteiger partial charge in [-0.3, -0.25) is 5.32 Å². The highest BCUT2D eigenvalue weighted by Crippen LogP contribution is 2.15. The van der Waals surface area contributed by atoms with Crippen LogP contribution in [-0.4, -0.2) is 6.09 Å². The third kappa shape index (κ3) is 3.30. The fourth-order valence-corrected chi connectivity index (χ4v) is 1.40. The molecule has 0 unspecified atom stereocenters. The van der Waals surface area contributed by atoms with E-state index in [1.54, 1.807) is 6.07 Å². The monoisotopic (exact) mass is 256 g/mol. The number of halogens is 1. The second kappa shape index (κ2) is 5.65. The summed E-state index contributed by atoms with van der Waals surface area (Å²) in [5.41, 5.74) is 0.503. The van der Waals surface area contributed by atoms with Gasteiger partial charge in [-0.1, -0.05) is 12.1 Å². The Bertz CT molecular complexity index is 633. The van der Waals surface area contributed by atoms with Gasteiger partial charge in [0.15, 0.2) is 0 Å². The summed E-state index contributed by atoms with van der Waals surface area (Å²) in [4.78, 5) is 11.5. The first-order valence-electron chi connectivity index (χ1n) is 5.42. The van der Waals surface area contributed by atoms with Crippen molar-refractivity contribution in [1.29, 1.82) is 5.26 Å². The molecule has 0 bridgehead atoms. The number of ether oxygens (including phenoxy) is 1. The SMILES string of the molecule is N#Cc1ccc(OC(=O)Nc2ccccc2F)cc1.